The molecule has 31 heavy (non-hydrogen) atoms. The first kappa shape index (κ1) is 22.9. The molecule has 7 atom stereocenters. The standard InChI is InChI=1S/C23H35NO6S/c1-14(25)19-6-7-20-18-5-4-16-12-17(30-15(2)26)8-11-23(16,13-29-31(24,27)28)21(18)9-10-22(19,20)3/h4,17-21H,5-13H2,1-3H3,(H2,24,27,28). The van der Waals surface area contributed by atoms with Gasteiger partial charge in [-0.3, -0.25) is 13.8 Å². The highest BCUT2D eigenvalue weighted by Gasteiger charge is 2.60. The maximum atomic E-state index is 12.3. The molecular weight excluding hydrogens is 418 g/mol. The normalized spacial score (nSPS) is 42.1. The molecule has 0 radical (unpaired) electrons. The highest BCUT2D eigenvalue weighted by atomic mass is 32.2. The van der Waals surface area contributed by atoms with Crippen molar-refractivity contribution < 1.29 is 26.9 Å². The van der Waals surface area contributed by atoms with Gasteiger partial charge in [0.05, 0.1) is 6.61 Å². The molecule has 3 fully saturated rings. The Bertz CT molecular complexity index is 898. The van der Waals surface area contributed by atoms with Crippen molar-refractivity contribution in [3.05, 3.63) is 11.6 Å². The van der Waals surface area contributed by atoms with E-state index in [4.69, 9.17) is 14.1 Å². The molecule has 0 aromatic carbocycles. The van der Waals surface area contributed by atoms with Gasteiger partial charge in [0.15, 0.2) is 0 Å². The molecule has 3 saturated carbocycles. The van der Waals surface area contributed by atoms with Gasteiger partial charge in [0.2, 0.25) is 0 Å². The summed E-state index contributed by atoms with van der Waals surface area (Å²) in [5, 5.41) is 5.21. The van der Waals surface area contributed by atoms with E-state index in [2.05, 4.69) is 13.0 Å². The van der Waals surface area contributed by atoms with Gasteiger partial charge >= 0.3 is 16.3 Å². The summed E-state index contributed by atoms with van der Waals surface area (Å²) in [5.41, 5.74) is 0.774. The number of hydrogen-bond acceptors (Lipinski definition) is 6. The Morgan fingerprint density at radius 1 is 1.13 bits per heavy atom. The fourth-order valence-corrected chi connectivity index (χ4v) is 8.26. The first-order valence-corrected chi connectivity index (χ1v) is 13.0. The molecule has 0 aliphatic heterocycles. The fourth-order valence-electron chi connectivity index (χ4n) is 7.88. The molecule has 0 amide bonds. The van der Waals surface area contributed by atoms with E-state index in [1.807, 2.05) is 0 Å². The minimum atomic E-state index is -4.06. The number of carbonyl (C=O) groups is 2. The molecule has 4 aliphatic rings. The van der Waals surface area contributed by atoms with Gasteiger partial charge in [-0.15, -0.1) is 0 Å². The maximum absolute atomic E-state index is 12.3. The van der Waals surface area contributed by atoms with Gasteiger partial charge in [0.25, 0.3) is 0 Å². The highest BCUT2D eigenvalue weighted by molar-refractivity contribution is 7.84. The molecule has 7 nitrogen and oxygen atoms in total. The third-order valence-corrected chi connectivity index (χ3v) is 9.53. The minimum absolute atomic E-state index is 0.0231. The van der Waals surface area contributed by atoms with E-state index in [-0.39, 0.29) is 35.9 Å². The van der Waals surface area contributed by atoms with Crippen molar-refractivity contribution >= 4 is 22.1 Å². The average molecular weight is 454 g/mol. The van der Waals surface area contributed by atoms with E-state index in [0.29, 0.717) is 36.9 Å². The topological polar surface area (TPSA) is 113 Å². The Balaban J connectivity index is 1.67. The first-order valence-electron chi connectivity index (χ1n) is 11.5. The smallest absolute Gasteiger partial charge is 0.333 e. The zero-order valence-electron chi connectivity index (χ0n) is 18.8. The Morgan fingerprint density at radius 3 is 2.52 bits per heavy atom. The number of Topliss-reactive ketones (excluding diaryl/α,β-unsaturated/α-hetero) is 1. The van der Waals surface area contributed by atoms with Gasteiger partial charge in [0, 0.05) is 24.7 Å². The second kappa shape index (κ2) is 7.96. The summed E-state index contributed by atoms with van der Waals surface area (Å²) in [6, 6.07) is 0. The molecule has 0 bridgehead atoms. The van der Waals surface area contributed by atoms with Crippen LogP contribution in [0.1, 0.15) is 72.1 Å². The molecule has 0 spiro atoms. The molecule has 7 unspecified atom stereocenters. The van der Waals surface area contributed by atoms with E-state index in [9.17, 15) is 18.0 Å². The Hall–Kier alpha value is -1.25. The fraction of sp³-hybridized carbons (Fsp3) is 0.826. The van der Waals surface area contributed by atoms with E-state index >= 15 is 0 Å². The van der Waals surface area contributed by atoms with Crippen molar-refractivity contribution in [1.82, 2.24) is 0 Å². The van der Waals surface area contributed by atoms with E-state index in [1.54, 1.807) is 6.92 Å². The van der Waals surface area contributed by atoms with Crippen LogP contribution in [0.5, 0.6) is 0 Å². The second-order valence-corrected chi connectivity index (χ2v) is 11.7. The predicted molar refractivity (Wildman–Crippen MR) is 115 cm³/mol. The highest BCUT2D eigenvalue weighted by Crippen LogP contribution is 2.66. The Labute approximate surface area is 185 Å². The number of rotatable bonds is 5. The van der Waals surface area contributed by atoms with Crippen molar-refractivity contribution in [2.24, 2.45) is 39.6 Å². The number of ketones is 1. The molecular formula is C23H35NO6S. The van der Waals surface area contributed by atoms with Gasteiger partial charge in [0.1, 0.15) is 11.9 Å². The lowest BCUT2D eigenvalue weighted by atomic mass is 9.47. The van der Waals surface area contributed by atoms with Crippen LogP contribution in [-0.2, 0) is 28.8 Å². The molecule has 4 aliphatic carbocycles. The molecule has 0 saturated heterocycles. The predicted octanol–water partition coefficient (Wildman–Crippen LogP) is 3.29. The maximum Gasteiger partial charge on any atom is 0.333 e. The third kappa shape index (κ3) is 4.00. The molecule has 8 heteroatoms. The number of hydrogen-bond donors (Lipinski definition) is 1. The van der Waals surface area contributed by atoms with Crippen LogP contribution in [0.4, 0.5) is 0 Å². The number of esters is 1. The summed E-state index contributed by atoms with van der Waals surface area (Å²) in [5.74, 6) is 1.28. The monoisotopic (exact) mass is 453 g/mol. The zero-order valence-corrected chi connectivity index (χ0v) is 19.6. The van der Waals surface area contributed by atoms with Gasteiger partial charge in [-0.25, -0.2) is 5.14 Å². The van der Waals surface area contributed by atoms with Gasteiger partial charge < -0.3 is 4.74 Å². The average Bonchev–Trinajstić information content (AvgIpc) is 3.03. The summed E-state index contributed by atoms with van der Waals surface area (Å²) in [6.07, 6.45) is 8.94. The quantitative estimate of drug-likeness (QED) is 0.505. The van der Waals surface area contributed by atoms with E-state index in [0.717, 1.165) is 37.7 Å². The van der Waals surface area contributed by atoms with E-state index < -0.39 is 15.7 Å². The number of allylic oxidation sites excluding steroid dienone is 1. The van der Waals surface area contributed by atoms with Crippen LogP contribution in [0.15, 0.2) is 11.6 Å². The third-order valence-electron chi connectivity index (χ3n) is 9.09. The van der Waals surface area contributed by atoms with Crippen LogP contribution < -0.4 is 5.14 Å². The zero-order chi connectivity index (χ0) is 22.6. The van der Waals surface area contributed by atoms with Gasteiger partial charge in [-0.1, -0.05) is 18.6 Å². The molecule has 0 heterocycles. The molecule has 0 aromatic heterocycles. The summed E-state index contributed by atoms with van der Waals surface area (Å²) in [4.78, 5) is 23.8. The van der Waals surface area contributed by atoms with Gasteiger partial charge in [-0.05, 0) is 75.0 Å². The van der Waals surface area contributed by atoms with Crippen LogP contribution in [-0.4, -0.2) is 32.9 Å². The van der Waals surface area contributed by atoms with Crippen LogP contribution in [0, 0.1) is 34.5 Å². The van der Waals surface area contributed by atoms with Crippen molar-refractivity contribution in [2.45, 2.75) is 78.2 Å². The molecule has 4 rings (SSSR count). The Kier molecular flexibility index (Phi) is 5.88. The van der Waals surface area contributed by atoms with Crippen molar-refractivity contribution in [3.63, 3.8) is 0 Å². The van der Waals surface area contributed by atoms with Crippen LogP contribution in [0.25, 0.3) is 0 Å². The lowest BCUT2D eigenvalue weighted by Gasteiger charge is -2.58. The number of fused-ring (bicyclic) bond motifs is 5. The second-order valence-electron chi connectivity index (χ2n) is 10.5. The lowest BCUT2D eigenvalue weighted by molar-refractivity contribution is -0.149. The molecule has 2 N–H and O–H groups in total. The summed E-state index contributed by atoms with van der Waals surface area (Å²) >= 11 is 0. The summed E-state index contributed by atoms with van der Waals surface area (Å²) < 4.78 is 34.1. The number of carbonyl (C=O) groups excluding carboxylic acids is 2. The Morgan fingerprint density at radius 2 is 1.87 bits per heavy atom. The first-order chi connectivity index (χ1) is 14.5. The number of nitrogens with two attached hydrogens (primary N) is 1. The van der Waals surface area contributed by atoms with Crippen LogP contribution >= 0.6 is 0 Å². The van der Waals surface area contributed by atoms with E-state index in [1.165, 1.54) is 6.92 Å². The SMILES string of the molecule is CC(=O)OC1CCC2(COS(N)(=O)=O)C(=CCC3C2CCC2(C)C(C(C)=O)CCC32)C1. The minimum Gasteiger partial charge on any atom is -0.462 e. The molecule has 0 aromatic rings. The van der Waals surface area contributed by atoms with Crippen molar-refractivity contribution in [2.75, 3.05) is 6.61 Å². The lowest BCUT2D eigenvalue weighted by Crippen LogP contribution is -2.54. The van der Waals surface area contributed by atoms with Crippen LogP contribution in [0.3, 0.4) is 0 Å². The van der Waals surface area contributed by atoms with Crippen molar-refractivity contribution in [3.8, 4) is 0 Å². The largest absolute Gasteiger partial charge is 0.462 e. The summed E-state index contributed by atoms with van der Waals surface area (Å²) in [7, 11) is -4.06. The molecule has 174 valence electrons. The van der Waals surface area contributed by atoms with Crippen molar-refractivity contribution in [1.29, 1.82) is 0 Å². The van der Waals surface area contributed by atoms with Crippen LogP contribution in [0.2, 0.25) is 0 Å². The number of ether oxygens (including phenoxy) is 1. The van der Waals surface area contributed by atoms with Gasteiger partial charge in [-0.2, -0.15) is 8.42 Å². The summed E-state index contributed by atoms with van der Waals surface area (Å²) in [6.45, 7) is 5.48.